The van der Waals surface area contributed by atoms with Gasteiger partial charge in [0, 0.05) is 24.5 Å². The molecular weight excluding hydrogens is 276 g/mol. The molecule has 0 radical (unpaired) electrons. The highest BCUT2D eigenvalue weighted by Crippen LogP contribution is 2.20. The minimum absolute atomic E-state index is 0.0657. The molecule has 2 aromatic rings. The summed E-state index contributed by atoms with van der Waals surface area (Å²) in [6.07, 6.45) is 5.17. The van der Waals surface area contributed by atoms with Crippen molar-refractivity contribution in [2.75, 3.05) is 13.1 Å². The van der Waals surface area contributed by atoms with Gasteiger partial charge in [0.15, 0.2) is 5.65 Å². The fraction of sp³-hybridized carbons (Fsp3) is 0.353. The first-order valence-corrected chi connectivity index (χ1v) is 7.35. The molecule has 0 unspecified atom stereocenters. The predicted octanol–water partition coefficient (Wildman–Crippen LogP) is 3.13. The molecule has 1 amide bonds. The van der Waals surface area contributed by atoms with Crippen molar-refractivity contribution in [2.45, 2.75) is 26.8 Å². The zero-order chi connectivity index (χ0) is 16.3. The Hall–Kier alpha value is -2.43. The number of rotatable bonds is 6. The largest absolute Gasteiger partial charge is 0.331 e. The minimum Gasteiger partial charge on any atom is -0.331 e. The number of carbonyl (C=O) groups excluding carboxylic acids is 1. The van der Waals surface area contributed by atoms with Crippen LogP contribution in [0.5, 0.6) is 0 Å². The molecule has 2 heterocycles. The molecule has 0 saturated carbocycles. The van der Waals surface area contributed by atoms with E-state index in [-0.39, 0.29) is 11.9 Å². The van der Waals surface area contributed by atoms with Crippen molar-refractivity contribution >= 4 is 16.9 Å². The highest BCUT2D eigenvalue weighted by atomic mass is 16.2. The van der Waals surface area contributed by atoms with Crippen LogP contribution in [-0.4, -0.2) is 38.7 Å². The number of hydrogen-bond donors (Lipinski definition) is 0. The van der Waals surface area contributed by atoms with Crippen LogP contribution in [0, 0.1) is 6.92 Å². The van der Waals surface area contributed by atoms with Gasteiger partial charge in [-0.2, -0.15) is 5.10 Å². The SMILES string of the molecule is C=CCN(CC=C)C(=O)c1cc2cnn(C(C)C)c2nc1C. The molecule has 0 aromatic carbocycles. The average molecular weight is 298 g/mol. The van der Waals surface area contributed by atoms with E-state index in [2.05, 4.69) is 37.1 Å². The second-order valence-electron chi connectivity index (χ2n) is 5.50. The molecule has 0 spiro atoms. The number of nitrogens with zero attached hydrogens (tertiary/aromatic N) is 4. The first-order chi connectivity index (χ1) is 10.5. The van der Waals surface area contributed by atoms with Crippen LogP contribution < -0.4 is 0 Å². The highest BCUT2D eigenvalue weighted by Gasteiger charge is 2.19. The molecule has 0 N–H and O–H groups in total. The zero-order valence-corrected chi connectivity index (χ0v) is 13.4. The number of aryl methyl sites for hydroxylation is 1. The maximum Gasteiger partial charge on any atom is 0.256 e. The molecule has 0 bridgehead atoms. The van der Waals surface area contributed by atoms with Gasteiger partial charge in [-0.25, -0.2) is 9.67 Å². The molecule has 116 valence electrons. The van der Waals surface area contributed by atoms with Crippen LogP contribution >= 0.6 is 0 Å². The molecule has 0 aliphatic carbocycles. The summed E-state index contributed by atoms with van der Waals surface area (Å²) < 4.78 is 1.86. The molecule has 2 rings (SSSR count). The van der Waals surface area contributed by atoms with E-state index >= 15 is 0 Å². The molecule has 22 heavy (non-hydrogen) atoms. The Balaban J connectivity index is 2.47. The molecule has 2 aromatic heterocycles. The standard InChI is InChI=1S/C17H22N4O/c1-6-8-20(9-7-2)17(22)15-10-14-11-18-21(12(3)4)16(14)19-13(15)5/h6-7,10-12H,1-2,8-9H2,3-5H3. The van der Waals surface area contributed by atoms with Gasteiger partial charge in [0.05, 0.1) is 17.5 Å². The lowest BCUT2D eigenvalue weighted by Crippen LogP contribution is -2.32. The average Bonchev–Trinajstić information content (AvgIpc) is 2.88. The number of aromatic nitrogens is 3. The molecule has 0 atom stereocenters. The van der Waals surface area contributed by atoms with Crippen molar-refractivity contribution in [1.82, 2.24) is 19.7 Å². The Morgan fingerprint density at radius 1 is 1.36 bits per heavy atom. The smallest absolute Gasteiger partial charge is 0.256 e. The third-order valence-electron chi connectivity index (χ3n) is 3.47. The number of fused-ring (bicyclic) bond motifs is 1. The van der Waals surface area contributed by atoms with E-state index in [4.69, 9.17) is 0 Å². The van der Waals surface area contributed by atoms with Gasteiger partial charge in [0.1, 0.15) is 0 Å². The quantitative estimate of drug-likeness (QED) is 0.770. The van der Waals surface area contributed by atoms with Crippen LogP contribution in [0.25, 0.3) is 11.0 Å². The van der Waals surface area contributed by atoms with Gasteiger partial charge in [0.25, 0.3) is 5.91 Å². The molecule has 0 aliphatic rings. The number of carbonyl (C=O) groups is 1. The van der Waals surface area contributed by atoms with Crippen LogP contribution in [0.3, 0.4) is 0 Å². The topological polar surface area (TPSA) is 51.0 Å². The summed E-state index contributed by atoms with van der Waals surface area (Å²) in [5.41, 5.74) is 2.11. The van der Waals surface area contributed by atoms with E-state index in [9.17, 15) is 4.79 Å². The monoisotopic (exact) mass is 298 g/mol. The Morgan fingerprint density at radius 3 is 2.55 bits per heavy atom. The van der Waals surface area contributed by atoms with E-state index in [1.165, 1.54) is 0 Å². The lowest BCUT2D eigenvalue weighted by molar-refractivity contribution is 0.0790. The molecule has 0 aliphatic heterocycles. The summed E-state index contributed by atoms with van der Waals surface area (Å²) in [7, 11) is 0. The Morgan fingerprint density at radius 2 is 2.00 bits per heavy atom. The number of amides is 1. The molecule has 0 saturated heterocycles. The van der Waals surface area contributed by atoms with E-state index in [0.29, 0.717) is 24.3 Å². The fourth-order valence-electron chi connectivity index (χ4n) is 2.38. The minimum atomic E-state index is -0.0657. The zero-order valence-electron chi connectivity index (χ0n) is 13.4. The van der Waals surface area contributed by atoms with Gasteiger partial charge < -0.3 is 4.90 Å². The number of hydrogen-bond acceptors (Lipinski definition) is 3. The van der Waals surface area contributed by atoms with E-state index < -0.39 is 0 Å². The van der Waals surface area contributed by atoms with Gasteiger partial charge in [-0.15, -0.1) is 13.2 Å². The van der Waals surface area contributed by atoms with Crippen molar-refractivity contribution in [3.05, 3.63) is 48.8 Å². The third kappa shape index (κ3) is 2.93. The Kier molecular flexibility index (Phi) is 4.75. The van der Waals surface area contributed by atoms with Crippen molar-refractivity contribution in [3.8, 4) is 0 Å². The van der Waals surface area contributed by atoms with Gasteiger partial charge in [0.2, 0.25) is 0 Å². The van der Waals surface area contributed by atoms with Crippen LogP contribution in [0.1, 0.15) is 35.9 Å². The summed E-state index contributed by atoms with van der Waals surface area (Å²) >= 11 is 0. The summed E-state index contributed by atoms with van der Waals surface area (Å²) in [6.45, 7) is 14.3. The van der Waals surface area contributed by atoms with Crippen molar-refractivity contribution in [1.29, 1.82) is 0 Å². The lowest BCUT2D eigenvalue weighted by atomic mass is 10.1. The first kappa shape index (κ1) is 15.9. The summed E-state index contributed by atoms with van der Waals surface area (Å²) in [4.78, 5) is 19.0. The Labute approximate surface area is 130 Å². The molecular formula is C17H22N4O. The van der Waals surface area contributed by atoms with Crippen molar-refractivity contribution in [2.24, 2.45) is 0 Å². The summed E-state index contributed by atoms with van der Waals surface area (Å²) in [5, 5.41) is 5.23. The van der Waals surface area contributed by atoms with Crippen LogP contribution in [0.15, 0.2) is 37.6 Å². The van der Waals surface area contributed by atoms with Gasteiger partial charge in [-0.3, -0.25) is 4.79 Å². The van der Waals surface area contributed by atoms with Crippen LogP contribution in [0.2, 0.25) is 0 Å². The highest BCUT2D eigenvalue weighted by molar-refractivity contribution is 5.98. The second kappa shape index (κ2) is 6.56. The molecule has 5 nitrogen and oxygen atoms in total. The van der Waals surface area contributed by atoms with Crippen LogP contribution in [-0.2, 0) is 0 Å². The first-order valence-electron chi connectivity index (χ1n) is 7.35. The van der Waals surface area contributed by atoms with Gasteiger partial charge in [-0.1, -0.05) is 12.2 Å². The molecule has 5 heteroatoms. The second-order valence-corrected chi connectivity index (χ2v) is 5.50. The number of pyridine rings is 1. The summed E-state index contributed by atoms with van der Waals surface area (Å²) in [5.74, 6) is -0.0657. The van der Waals surface area contributed by atoms with Gasteiger partial charge >= 0.3 is 0 Å². The predicted molar refractivity (Wildman–Crippen MR) is 88.9 cm³/mol. The lowest BCUT2D eigenvalue weighted by Gasteiger charge is -2.20. The van der Waals surface area contributed by atoms with E-state index in [0.717, 1.165) is 11.0 Å². The maximum atomic E-state index is 12.7. The molecule has 0 fully saturated rings. The normalized spacial score (nSPS) is 10.9. The van der Waals surface area contributed by atoms with Crippen LogP contribution in [0.4, 0.5) is 0 Å². The van der Waals surface area contributed by atoms with Gasteiger partial charge in [-0.05, 0) is 26.8 Å². The maximum absolute atomic E-state index is 12.7. The van der Waals surface area contributed by atoms with Crippen molar-refractivity contribution < 1.29 is 4.79 Å². The summed E-state index contributed by atoms with van der Waals surface area (Å²) in [6, 6.07) is 2.09. The van der Waals surface area contributed by atoms with Crippen molar-refractivity contribution in [3.63, 3.8) is 0 Å². The van der Waals surface area contributed by atoms with E-state index in [1.54, 1.807) is 23.2 Å². The fourth-order valence-corrected chi connectivity index (χ4v) is 2.38. The van der Waals surface area contributed by atoms with E-state index in [1.807, 2.05) is 17.7 Å². The Bertz CT molecular complexity index is 705. The third-order valence-corrected chi connectivity index (χ3v) is 3.47.